The summed E-state index contributed by atoms with van der Waals surface area (Å²) in [6, 6.07) is 0. The van der Waals surface area contributed by atoms with E-state index in [0.717, 1.165) is 38.5 Å². The average Bonchev–Trinajstić information content (AvgIpc) is 2.65. The first-order valence-corrected chi connectivity index (χ1v) is 6.53. The summed E-state index contributed by atoms with van der Waals surface area (Å²) in [5, 5.41) is 16.7. The van der Waals surface area contributed by atoms with Crippen LogP contribution < -0.4 is 5.32 Å². The van der Waals surface area contributed by atoms with Crippen molar-refractivity contribution in [1.82, 2.24) is 10.5 Å². The molecule has 2 N–H and O–H groups in total. The van der Waals surface area contributed by atoms with E-state index < -0.39 is 5.60 Å². The van der Waals surface area contributed by atoms with Crippen molar-refractivity contribution in [3.8, 4) is 0 Å². The number of nitrogens with one attached hydrogen (secondary N) is 1. The Balaban J connectivity index is 1.90. The molecule has 100 valence electrons. The minimum Gasteiger partial charge on any atom is -0.388 e. The van der Waals surface area contributed by atoms with E-state index >= 15 is 0 Å². The quantitative estimate of drug-likeness (QED) is 0.804. The number of carbonyl (C=O) groups is 1. The van der Waals surface area contributed by atoms with Gasteiger partial charge in [0.2, 0.25) is 5.76 Å². The van der Waals surface area contributed by atoms with Gasteiger partial charge in [0, 0.05) is 12.1 Å². The first kappa shape index (κ1) is 13.1. The highest BCUT2D eigenvalue weighted by Crippen LogP contribution is 2.26. The number of aliphatic hydroxyl groups is 1. The number of rotatable bonds is 3. The molecule has 1 aliphatic rings. The molecule has 0 atom stereocenters. The summed E-state index contributed by atoms with van der Waals surface area (Å²) >= 11 is 0. The molecule has 1 amide bonds. The molecule has 0 saturated heterocycles. The maximum Gasteiger partial charge on any atom is 0.290 e. The number of hydrogen-bond acceptors (Lipinski definition) is 4. The molecule has 1 aliphatic carbocycles. The summed E-state index contributed by atoms with van der Waals surface area (Å²) in [6.45, 7) is 2.05. The minimum atomic E-state index is -0.764. The minimum absolute atomic E-state index is 0.229. The molecule has 1 heterocycles. The molecule has 0 aromatic carbocycles. The monoisotopic (exact) mass is 252 g/mol. The van der Waals surface area contributed by atoms with Gasteiger partial charge in [0.1, 0.15) is 0 Å². The molecule has 0 unspecified atom stereocenters. The lowest BCUT2D eigenvalue weighted by Gasteiger charge is -2.26. The molecule has 0 bridgehead atoms. The van der Waals surface area contributed by atoms with Crippen LogP contribution in [0.15, 0.2) is 10.7 Å². The molecule has 1 saturated carbocycles. The Labute approximate surface area is 107 Å². The van der Waals surface area contributed by atoms with Crippen LogP contribution in [0.4, 0.5) is 0 Å². The third-order valence-corrected chi connectivity index (χ3v) is 3.57. The van der Waals surface area contributed by atoms with E-state index in [1.54, 1.807) is 6.92 Å². The van der Waals surface area contributed by atoms with Crippen LogP contribution in [0, 0.1) is 6.92 Å². The zero-order chi connectivity index (χ0) is 13.0. The molecule has 0 spiro atoms. The molecule has 5 nitrogen and oxygen atoms in total. The smallest absolute Gasteiger partial charge is 0.290 e. The van der Waals surface area contributed by atoms with Crippen molar-refractivity contribution in [2.75, 3.05) is 6.54 Å². The Morgan fingerprint density at radius 3 is 2.67 bits per heavy atom. The highest BCUT2D eigenvalue weighted by molar-refractivity contribution is 5.92. The Bertz CT molecular complexity index is 406. The first-order chi connectivity index (χ1) is 8.61. The van der Waals surface area contributed by atoms with E-state index in [-0.39, 0.29) is 18.2 Å². The van der Waals surface area contributed by atoms with Gasteiger partial charge in [-0.1, -0.05) is 30.8 Å². The molecular weight excluding hydrogens is 232 g/mol. The second kappa shape index (κ2) is 5.52. The van der Waals surface area contributed by atoms with Crippen LogP contribution in [0.25, 0.3) is 0 Å². The van der Waals surface area contributed by atoms with Gasteiger partial charge in [0.15, 0.2) is 0 Å². The summed E-state index contributed by atoms with van der Waals surface area (Å²) in [5.74, 6) is -0.0742. The fraction of sp³-hybridized carbons (Fsp3) is 0.692. The van der Waals surface area contributed by atoms with Crippen molar-refractivity contribution in [1.29, 1.82) is 0 Å². The predicted molar refractivity (Wildman–Crippen MR) is 66.2 cm³/mol. The van der Waals surface area contributed by atoms with Gasteiger partial charge in [0.05, 0.1) is 11.8 Å². The largest absolute Gasteiger partial charge is 0.388 e. The van der Waals surface area contributed by atoms with Crippen LogP contribution in [-0.4, -0.2) is 28.3 Å². The number of aryl methyl sites for hydroxylation is 1. The number of nitrogens with zero attached hydrogens (tertiary/aromatic N) is 1. The van der Waals surface area contributed by atoms with Crippen LogP contribution in [0.5, 0.6) is 0 Å². The molecular formula is C13H20N2O3. The standard InChI is InChI=1S/C13H20N2O3/c1-10-8-15-18-11(10)12(16)14-9-13(17)6-4-2-3-5-7-13/h8,17H,2-7,9H2,1H3,(H,14,16). The van der Waals surface area contributed by atoms with Gasteiger partial charge in [-0.3, -0.25) is 4.79 Å². The fourth-order valence-corrected chi connectivity index (χ4v) is 2.40. The van der Waals surface area contributed by atoms with E-state index in [1.807, 2.05) is 0 Å². The van der Waals surface area contributed by atoms with Gasteiger partial charge in [-0.25, -0.2) is 0 Å². The normalized spacial score (nSPS) is 19.2. The zero-order valence-corrected chi connectivity index (χ0v) is 10.7. The van der Waals surface area contributed by atoms with E-state index in [9.17, 15) is 9.90 Å². The Morgan fingerprint density at radius 1 is 1.44 bits per heavy atom. The fourth-order valence-electron chi connectivity index (χ4n) is 2.40. The van der Waals surface area contributed by atoms with Gasteiger partial charge in [-0.15, -0.1) is 0 Å². The summed E-state index contributed by atoms with van der Waals surface area (Å²) in [7, 11) is 0. The second-order valence-electron chi connectivity index (χ2n) is 5.16. The molecule has 18 heavy (non-hydrogen) atoms. The second-order valence-corrected chi connectivity index (χ2v) is 5.16. The lowest BCUT2D eigenvalue weighted by Crippen LogP contribution is -2.42. The molecule has 0 aliphatic heterocycles. The van der Waals surface area contributed by atoms with Gasteiger partial charge < -0.3 is 14.9 Å². The number of amides is 1. The van der Waals surface area contributed by atoms with Crippen molar-refractivity contribution in [3.05, 3.63) is 17.5 Å². The van der Waals surface area contributed by atoms with Crippen molar-refractivity contribution >= 4 is 5.91 Å². The van der Waals surface area contributed by atoms with Crippen molar-refractivity contribution < 1.29 is 14.4 Å². The van der Waals surface area contributed by atoms with Crippen LogP contribution >= 0.6 is 0 Å². The molecule has 0 radical (unpaired) electrons. The highest BCUT2D eigenvalue weighted by Gasteiger charge is 2.29. The molecule has 1 fully saturated rings. The SMILES string of the molecule is Cc1cnoc1C(=O)NCC1(O)CCCCCC1. The summed E-state index contributed by atoms with van der Waals surface area (Å²) in [6.07, 6.45) is 7.39. The summed E-state index contributed by atoms with van der Waals surface area (Å²) < 4.78 is 4.88. The molecule has 2 rings (SSSR count). The number of carbonyl (C=O) groups excluding carboxylic acids is 1. The number of aromatic nitrogens is 1. The molecule has 1 aromatic rings. The topological polar surface area (TPSA) is 75.4 Å². The maximum atomic E-state index is 11.8. The van der Waals surface area contributed by atoms with E-state index in [0.29, 0.717) is 5.56 Å². The predicted octanol–water partition coefficient (Wildman–Crippen LogP) is 1.80. The highest BCUT2D eigenvalue weighted by atomic mass is 16.5. The van der Waals surface area contributed by atoms with Crippen LogP contribution in [0.1, 0.15) is 54.6 Å². The lowest BCUT2D eigenvalue weighted by molar-refractivity contribution is 0.0242. The van der Waals surface area contributed by atoms with Crippen LogP contribution in [0.2, 0.25) is 0 Å². The van der Waals surface area contributed by atoms with Gasteiger partial charge in [0.25, 0.3) is 5.91 Å². The summed E-state index contributed by atoms with van der Waals surface area (Å²) in [5.41, 5.74) is -0.0551. The first-order valence-electron chi connectivity index (χ1n) is 6.53. The van der Waals surface area contributed by atoms with Crippen molar-refractivity contribution in [2.24, 2.45) is 0 Å². The van der Waals surface area contributed by atoms with Crippen molar-refractivity contribution in [3.63, 3.8) is 0 Å². The molecule has 1 aromatic heterocycles. The van der Waals surface area contributed by atoms with Gasteiger partial charge >= 0.3 is 0 Å². The van der Waals surface area contributed by atoms with Crippen molar-refractivity contribution in [2.45, 2.75) is 51.0 Å². The Morgan fingerprint density at radius 2 is 2.11 bits per heavy atom. The molecule has 5 heteroatoms. The van der Waals surface area contributed by atoms with E-state index in [1.165, 1.54) is 6.20 Å². The van der Waals surface area contributed by atoms with Gasteiger partial charge in [-0.2, -0.15) is 0 Å². The van der Waals surface area contributed by atoms with E-state index in [4.69, 9.17) is 4.52 Å². The summed E-state index contributed by atoms with van der Waals surface area (Å²) in [4.78, 5) is 11.8. The Hall–Kier alpha value is -1.36. The Kier molecular flexibility index (Phi) is 4.01. The van der Waals surface area contributed by atoms with Crippen LogP contribution in [-0.2, 0) is 0 Å². The van der Waals surface area contributed by atoms with E-state index in [2.05, 4.69) is 10.5 Å². The lowest BCUT2D eigenvalue weighted by atomic mass is 9.94. The van der Waals surface area contributed by atoms with Gasteiger partial charge in [-0.05, 0) is 19.8 Å². The maximum absolute atomic E-state index is 11.8. The third kappa shape index (κ3) is 3.10. The number of hydrogen-bond donors (Lipinski definition) is 2. The average molecular weight is 252 g/mol. The third-order valence-electron chi connectivity index (χ3n) is 3.57. The van der Waals surface area contributed by atoms with Crippen LogP contribution in [0.3, 0.4) is 0 Å². The zero-order valence-electron chi connectivity index (χ0n) is 10.7.